The molecule has 0 aliphatic carbocycles. The second kappa shape index (κ2) is 12.9. The molecule has 250 valence electrons. The summed E-state index contributed by atoms with van der Waals surface area (Å²) in [5.74, 6) is 0.875. The van der Waals surface area contributed by atoms with Crippen LogP contribution in [0.3, 0.4) is 0 Å². The normalized spacial score (nSPS) is 12.6. The molecule has 53 heavy (non-hydrogen) atoms. The van der Waals surface area contributed by atoms with E-state index < -0.39 is 0 Å². The van der Waals surface area contributed by atoms with Gasteiger partial charge in [-0.25, -0.2) is 9.97 Å². The number of allylic oxidation sites excluding steroid dienone is 2. The molecule has 0 unspecified atom stereocenters. The van der Waals surface area contributed by atoms with Gasteiger partial charge in [0.2, 0.25) is 0 Å². The second-order valence-corrected chi connectivity index (χ2v) is 13.2. The predicted molar refractivity (Wildman–Crippen MR) is 219 cm³/mol. The van der Waals surface area contributed by atoms with Crippen molar-refractivity contribution in [3.63, 3.8) is 0 Å². The first kappa shape index (κ1) is 30.7. The van der Waals surface area contributed by atoms with Crippen LogP contribution in [0.4, 0.5) is 0 Å². The van der Waals surface area contributed by atoms with Crippen molar-refractivity contribution < 1.29 is 0 Å². The number of pyridine rings is 3. The number of dihydropyridines is 1. The summed E-state index contributed by atoms with van der Waals surface area (Å²) in [6.07, 6.45) is 9.90. The van der Waals surface area contributed by atoms with Crippen LogP contribution in [0.2, 0.25) is 0 Å². The lowest BCUT2D eigenvalue weighted by Crippen LogP contribution is -2.09. The molecule has 0 atom stereocenters. The average Bonchev–Trinajstić information content (AvgIpc) is 3.60. The number of aromatic nitrogens is 4. The lowest BCUT2D eigenvalue weighted by Gasteiger charge is -2.16. The highest BCUT2D eigenvalue weighted by atomic mass is 15.1. The summed E-state index contributed by atoms with van der Waals surface area (Å²) in [4.78, 5) is 14.7. The maximum absolute atomic E-state index is 5.37. The number of hydrogen-bond acceptors (Lipinski definition) is 4. The van der Waals surface area contributed by atoms with Crippen LogP contribution >= 0.6 is 0 Å². The van der Waals surface area contributed by atoms with Crippen molar-refractivity contribution in [1.29, 1.82) is 0 Å². The van der Waals surface area contributed by atoms with Crippen LogP contribution in [0, 0.1) is 0 Å². The highest BCUT2D eigenvalue weighted by Gasteiger charge is 2.24. The number of fused-ring (bicyclic) bond motifs is 5. The SMILES string of the molecule is C1=CC(c2cccc(-n3c(-c4ccccc4)c(-c4ccccc4)c4ccc5c6cccc(-c7cccc(-c8ccncc8)n7)c6ccc5c43)n2)=CCN1. The summed E-state index contributed by atoms with van der Waals surface area (Å²) in [5, 5.41) is 9.14. The molecule has 5 nitrogen and oxygen atoms in total. The Hall–Kier alpha value is -7.11. The molecule has 9 aromatic rings. The Kier molecular flexibility index (Phi) is 7.47. The van der Waals surface area contributed by atoms with Gasteiger partial charge in [0.1, 0.15) is 5.82 Å². The maximum atomic E-state index is 5.37. The molecular weight excluding hydrogens is 647 g/mol. The minimum absolute atomic E-state index is 0.779. The smallest absolute Gasteiger partial charge is 0.138 e. The predicted octanol–water partition coefficient (Wildman–Crippen LogP) is 11.3. The Balaban J connectivity index is 1.28. The van der Waals surface area contributed by atoms with E-state index in [0.717, 1.165) is 79.3 Å². The van der Waals surface area contributed by atoms with Crippen molar-refractivity contribution in [2.75, 3.05) is 6.54 Å². The molecule has 5 heterocycles. The molecular formula is C48H33N5. The topological polar surface area (TPSA) is 55.6 Å². The van der Waals surface area contributed by atoms with Crippen molar-refractivity contribution in [3.05, 3.63) is 188 Å². The fraction of sp³-hybridized carbons (Fsp3) is 0.0208. The number of benzene rings is 5. The molecule has 1 aliphatic heterocycles. The third kappa shape index (κ3) is 5.29. The Bertz CT molecular complexity index is 2870. The quantitative estimate of drug-likeness (QED) is 0.178. The van der Waals surface area contributed by atoms with E-state index in [1.165, 1.54) is 21.7 Å². The third-order valence-corrected chi connectivity index (χ3v) is 10.2. The summed E-state index contributed by atoms with van der Waals surface area (Å²) in [6, 6.07) is 53.8. The molecule has 0 amide bonds. The molecule has 0 saturated heterocycles. The molecule has 0 fully saturated rings. The minimum atomic E-state index is 0.779. The van der Waals surface area contributed by atoms with Crippen molar-refractivity contribution in [2.45, 2.75) is 0 Å². The summed E-state index contributed by atoms with van der Waals surface area (Å²) < 4.78 is 2.39. The first-order chi connectivity index (χ1) is 26.3. The molecule has 5 heteroatoms. The highest BCUT2D eigenvalue weighted by molar-refractivity contribution is 6.22. The van der Waals surface area contributed by atoms with Crippen LogP contribution in [0.1, 0.15) is 5.69 Å². The lowest BCUT2D eigenvalue weighted by molar-refractivity contribution is 0.971. The van der Waals surface area contributed by atoms with Crippen LogP contribution in [0.15, 0.2) is 182 Å². The molecule has 1 N–H and O–H groups in total. The molecule has 0 spiro atoms. The zero-order chi connectivity index (χ0) is 35.1. The fourth-order valence-electron chi connectivity index (χ4n) is 7.79. The summed E-state index contributed by atoms with van der Waals surface area (Å²) >= 11 is 0. The second-order valence-electron chi connectivity index (χ2n) is 13.2. The van der Waals surface area contributed by atoms with Crippen LogP contribution < -0.4 is 5.32 Å². The number of rotatable bonds is 6. The van der Waals surface area contributed by atoms with Gasteiger partial charge in [-0.3, -0.25) is 9.55 Å². The van der Waals surface area contributed by atoms with E-state index in [4.69, 9.17) is 9.97 Å². The molecule has 0 bridgehead atoms. The number of hydrogen-bond donors (Lipinski definition) is 1. The first-order valence-corrected chi connectivity index (χ1v) is 17.9. The highest BCUT2D eigenvalue weighted by Crippen LogP contribution is 2.46. The van der Waals surface area contributed by atoms with E-state index in [0.29, 0.717) is 0 Å². The molecule has 0 saturated carbocycles. The van der Waals surface area contributed by atoms with E-state index in [1.807, 2.05) is 30.7 Å². The number of nitrogens with one attached hydrogen (secondary N) is 1. The van der Waals surface area contributed by atoms with Crippen molar-refractivity contribution >= 4 is 38.0 Å². The molecule has 0 radical (unpaired) electrons. The van der Waals surface area contributed by atoms with E-state index in [-0.39, 0.29) is 0 Å². The average molecular weight is 680 g/mol. The third-order valence-electron chi connectivity index (χ3n) is 10.2. The maximum Gasteiger partial charge on any atom is 0.138 e. The van der Waals surface area contributed by atoms with E-state index in [2.05, 4.69) is 167 Å². The van der Waals surface area contributed by atoms with Crippen LogP contribution in [-0.2, 0) is 0 Å². The molecule has 10 rings (SSSR count). The van der Waals surface area contributed by atoms with Gasteiger partial charge < -0.3 is 5.32 Å². The fourth-order valence-corrected chi connectivity index (χ4v) is 7.79. The first-order valence-electron chi connectivity index (χ1n) is 17.9. The monoisotopic (exact) mass is 679 g/mol. The Morgan fingerprint density at radius 1 is 0.491 bits per heavy atom. The van der Waals surface area contributed by atoms with Crippen LogP contribution in [-0.4, -0.2) is 26.1 Å². The van der Waals surface area contributed by atoms with Crippen LogP contribution in [0.5, 0.6) is 0 Å². The van der Waals surface area contributed by atoms with E-state index >= 15 is 0 Å². The number of nitrogens with zero attached hydrogens (tertiary/aromatic N) is 4. The van der Waals surface area contributed by atoms with Gasteiger partial charge in [0.15, 0.2) is 0 Å². The zero-order valence-corrected chi connectivity index (χ0v) is 28.8. The lowest BCUT2D eigenvalue weighted by atomic mass is 9.94. The van der Waals surface area contributed by atoms with Gasteiger partial charge in [0.05, 0.1) is 28.3 Å². The Morgan fingerprint density at radius 2 is 1.17 bits per heavy atom. The van der Waals surface area contributed by atoms with Gasteiger partial charge in [-0.05, 0) is 81.5 Å². The van der Waals surface area contributed by atoms with Gasteiger partial charge in [-0.15, -0.1) is 0 Å². The van der Waals surface area contributed by atoms with Crippen LogP contribution in [0.25, 0.3) is 88.7 Å². The van der Waals surface area contributed by atoms with Crippen molar-refractivity contribution in [3.8, 4) is 50.7 Å². The van der Waals surface area contributed by atoms with Gasteiger partial charge in [-0.1, -0.05) is 121 Å². The van der Waals surface area contributed by atoms with Crippen molar-refractivity contribution in [2.24, 2.45) is 0 Å². The standard InChI is InChI=1S/C48H33N5/c1-3-10-34(11-4-1)46-41-23-21-38-36-14-7-15-39(44-18-8-16-42(51-44)32-24-28-49-29-25-32)37(36)20-22-40(38)48(41)53(47(46)35-12-5-2-6-13-35)45-19-9-17-43(52-45)33-26-30-50-31-27-33/h1-30,50H,31H2. The van der Waals surface area contributed by atoms with Gasteiger partial charge >= 0.3 is 0 Å². The molecule has 5 aromatic carbocycles. The molecule has 4 aromatic heterocycles. The van der Waals surface area contributed by atoms with E-state index in [1.54, 1.807) is 0 Å². The van der Waals surface area contributed by atoms with Gasteiger partial charge in [0, 0.05) is 46.4 Å². The molecule has 1 aliphatic rings. The minimum Gasteiger partial charge on any atom is -0.387 e. The van der Waals surface area contributed by atoms with E-state index in [9.17, 15) is 0 Å². The summed E-state index contributed by atoms with van der Waals surface area (Å²) in [7, 11) is 0. The van der Waals surface area contributed by atoms with Gasteiger partial charge in [-0.2, -0.15) is 0 Å². The zero-order valence-electron chi connectivity index (χ0n) is 28.8. The summed E-state index contributed by atoms with van der Waals surface area (Å²) in [6.45, 7) is 0.779. The summed E-state index contributed by atoms with van der Waals surface area (Å²) in [5.41, 5.74) is 11.8. The van der Waals surface area contributed by atoms with Gasteiger partial charge in [0.25, 0.3) is 0 Å². The van der Waals surface area contributed by atoms with Crippen molar-refractivity contribution in [1.82, 2.24) is 24.8 Å². The Labute approximate surface area is 307 Å². The Morgan fingerprint density at radius 3 is 1.98 bits per heavy atom. The largest absolute Gasteiger partial charge is 0.387 e.